The van der Waals surface area contributed by atoms with E-state index in [1.54, 1.807) is 32.1 Å². The molecule has 10 nitrogen and oxygen atoms in total. The number of esters is 1. The van der Waals surface area contributed by atoms with Gasteiger partial charge in [-0.3, -0.25) is 0 Å². The lowest BCUT2D eigenvalue weighted by Gasteiger charge is -2.57. The highest BCUT2D eigenvalue weighted by Gasteiger charge is 2.60. The topological polar surface area (TPSA) is 144 Å². The Morgan fingerprint density at radius 1 is 0.826 bits per heavy atom. The molecule has 7 rings (SSSR count). The molecule has 3 heterocycles. The van der Waals surface area contributed by atoms with Crippen molar-refractivity contribution >= 4 is 5.97 Å². The molecule has 4 N–H and O–H groups in total. The number of carbonyl (C=O) groups is 1. The van der Waals surface area contributed by atoms with Crippen molar-refractivity contribution in [1.82, 2.24) is 0 Å². The normalized spacial score (nSPS) is 53.9. The van der Waals surface area contributed by atoms with Gasteiger partial charge in [0.05, 0.1) is 30.5 Å². The van der Waals surface area contributed by atoms with E-state index in [2.05, 4.69) is 13.8 Å². The van der Waals surface area contributed by atoms with Crippen LogP contribution < -0.4 is 0 Å². The predicted octanol–water partition coefficient (Wildman–Crippen LogP) is 3.39. The summed E-state index contributed by atoms with van der Waals surface area (Å²) in [5.41, 5.74) is 0.955. The lowest BCUT2D eigenvalue weighted by Crippen LogP contribution is -2.60. The van der Waals surface area contributed by atoms with Gasteiger partial charge < -0.3 is 44.1 Å². The summed E-state index contributed by atoms with van der Waals surface area (Å²) in [6.07, 6.45) is 6.62. The van der Waals surface area contributed by atoms with Crippen LogP contribution >= 0.6 is 0 Å². The molecule has 0 radical (unpaired) electrons. The molecule has 3 aliphatic heterocycles. The van der Waals surface area contributed by atoms with Gasteiger partial charge in [0.25, 0.3) is 0 Å². The highest BCUT2D eigenvalue weighted by atomic mass is 16.7. The molecular weight excluding hydrogens is 592 g/mol. The van der Waals surface area contributed by atoms with Crippen LogP contribution in [0.4, 0.5) is 0 Å². The molecule has 0 aromatic carbocycles. The molecule has 10 heteroatoms. The van der Waals surface area contributed by atoms with Crippen molar-refractivity contribution in [2.24, 2.45) is 40.4 Å². The maximum atomic E-state index is 11.9. The summed E-state index contributed by atoms with van der Waals surface area (Å²) in [4.78, 5) is 11.9. The number of ether oxygens (including phenoxy) is 5. The fraction of sp³-hybridized carbons (Fsp3) is 0.861. The molecule has 0 aromatic heterocycles. The van der Waals surface area contributed by atoms with E-state index >= 15 is 0 Å². The van der Waals surface area contributed by atoms with Crippen LogP contribution in [-0.4, -0.2) is 94.4 Å². The second-order valence-electron chi connectivity index (χ2n) is 16.1. The Balaban J connectivity index is 1.02. The van der Waals surface area contributed by atoms with Crippen molar-refractivity contribution in [1.29, 1.82) is 0 Å². The summed E-state index contributed by atoms with van der Waals surface area (Å²) in [6.45, 7) is 8.59. The minimum absolute atomic E-state index is 0.0808. The summed E-state index contributed by atoms with van der Waals surface area (Å²) in [6, 6.07) is 0. The fourth-order valence-corrected chi connectivity index (χ4v) is 10.9. The Kier molecular flexibility index (Phi) is 9.01. The minimum Gasteiger partial charge on any atom is -0.458 e. The number of rotatable bonds is 5. The van der Waals surface area contributed by atoms with Gasteiger partial charge in [-0.05, 0) is 118 Å². The van der Waals surface area contributed by atoms with Crippen LogP contribution in [0.25, 0.3) is 0 Å². The van der Waals surface area contributed by atoms with E-state index in [-0.39, 0.29) is 40.8 Å². The zero-order valence-corrected chi connectivity index (χ0v) is 27.7. The van der Waals surface area contributed by atoms with E-state index in [0.717, 1.165) is 63.4 Å². The molecule has 1 saturated heterocycles. The van der Waals surface area contributed by atoms with E-state index in [1.165, 1.54) is 0 Å². The maximum Gasteiger partial charge on any atom is 0.331 e. The van der Waals surface area contributed by atoms with Gasteiger partial charge in [0.15, 0.2) is 12.6 Å². The van der Waals surface area contributed by atoms with Crippen LogP contribution in [0, 0.1) is 40.4 Å². The lowest BCUT2D eigenvalue weighted by atomic mass is 9.49. The number of cyclic esters (lactones) is 1. The molecule has 0 spiro atoms. The van der Waals surface area contributed by atoms with Gasteiger partial charge in [-0.1, -0.05) is 19.9 Å². The molecular formula is C36H54O10. The van der Waals surface area contributed by atoms with Crippen molar-refractivity contribution in [3.63, 3.8) is 0 Å². The summed E-state index contributed by atoms with van der Waals surface area (Å²) in [5.74, 6) is 1.71. The number of hydrogen-bond acceptors (Lipinski definition) is 10. The van der Waals surface area contributed by atoms with Crippen LogP contribution in [0.2, 0.25) is 0 Å². The monoisotopic (exact) mass is 646 g/mol. The first kappa shape index (κ1) is 33.1. The van der Waals surface area contributed by atoms with E-state index < -0.39 is 49.2 Å². The van der Waals surface area contributed by atoms with Gasteiger partial charge in [-0.2, -0.15) is 0 Å². The largest absolute Gasteiger partial charge is 0.458 e. The first-order chi connectivity index (χ1) is 21.9. The molecule has 7 aliphatic rings. The van der Waals surface area contributed by atoms with Crippen molar-refractivity contribution < 1.29 is 48.9 Å². The zero-order chi connectivity index (χ0) is 32.5. The third-order valence-electron chi connectivity index (χ3n) is 13.7. The minimum atomic E-state index is -1.21. The maximum absolute atomic E-state index is 11.9. The van der Waals surface area contributed by atoms with Gasteiger partial charge >= 0.3 is 5.97 Å². The number of aliphatic hydroxyl groups excluding tert-OH is 4. The van der Waals surface area contributed by atoms with E-state index in [0.29, 0.717) is 24.4 Å². The van der Waals surface area contributed by atoms with Crippen LogP contribution in [-0.2, 0) is 28.5 Å². The van der Waals surface area contributed by atoms with Crippen LogP contribution in [0.3, 0.4) is 0 Å². The number of aliphatic hydroxyl groups is 4. The summed E-state index contributed by atoms with van der Waals surface area (Å²) in [5, 5.41) is 44.0. The molecule has 46 heavy (non-hydrogen) atoms. The smallest absolute Gasteiger partial charge is 0.331 e. The second-order valence-corrected chi connectivity index (χ2v) is 16.1. The highest BCUT2D eigenvalue weighted by Crippen LogP contribution is 2.65. The summed E-state index contributed by atoms with van der Waals surface area (Å²) < 4.78 is 29.5. The summed E-state index contributed by atoms with van der Waals surface area (Å²) in [7, 11) is 0. The molecule has 2 bridgehead atoms. The van der Waals surface area contributed by atoms with Crippen molar-refractivity contribution in [2.45, 2.75) is 147 Å². The molecule has 17 unspecified atom stereocenters. The molecule has 17 atom stereocenters. The molecule has 258 valence electrons. The first-order valence-corrected chi connectivity index (χ1v) is 17.8. The van der Waals surface area contributed by atoms with Gasteiger partial charge in [0, 0.05) is 11.5 Å². The van der Waals surface area contributed by atoms with Gasteiger partial charge in [0.1, 0.15) is 24.9 Å². The quantitative estimate of drug-likeness (QED) is 0.199. The lowest BCUT2D eigenvalue weighted by molar-refractivity contribution is -0.331. The number of fused-ring (bicyclic) bond motifs is 6. The number of carbonyl (C=O) groups excluding carboxylic acids is 1. The average Bonchev–Trinajstić information content (AvgIpc) is 3.43. The fourth-order valence-electron chi connectivity index (χ4n) is 10.9. The van der Waals surface area contributed by atoms with Crippen LogP contribution in [0.1, 0.15) is 85.5 Å². The highest BCUT2D eigenvalue weighted by molar-refractivity contribution is 5.85. The first-order valence-electron chi connectivity index (χ1n) is 17.8. The Morgan fingerprint density at radius 2 is 1.59 bits per heavy atom. The Morgan fingerprint density at radius 3 is 2.33 bits per heavy atom. The Labute approximate surface area is 272 Å². The molecule has 0 aromatic rings. The van der Waals surface area contributed by atoms with Crippen LogP contribution in [0.5, 0.6) is 0 Å². The van der Waals surface area contributed by atoms with Gasteiger partial charge in [-0.15, -0.1) is 0 Å². The third kappa shape index (κ3) is 5.62. The van der Waals surface area contributed by atoms with E-state index in [1.807, 2.05) is 0 Å². The second kappa shape index (κ2) is 12.5. The van der Waals surface area contributed by atoms with Crippen LogP contribution in [0.15, 0.2) is 23.8 Å². The van der Waals surface area contributed by atoms with Gasteiger partial charge in [-0.25, -0.2) is 4.79 Å². The standard InChI is InChI=1S/C36H54O10/c1-18-27(37)9-10-29(43-18)46-32-30(39)19(2)44-34(31(32)40)45-22-11-13-35(3)21(16-22)5-6-23-24-7-8-25(20-15-28(38)42-17-20)36(4,33(24)41)14-12-26(23)35/h9-10,15,18-19,21-27,29-34,37,39-41H,5-8,11-14,16-17H2,1-4H3. The number of hydrogen-bond donors (Lipinski definition) is 4. The van der Waals surface area contributed by atoms with Crippen molar-refractivity contribution in [2.75, 3.05) is 6.61 Å². The summed E-state index contributed by atoms with van der Waals surface area (Å²) >= 11 is 0. The zero-order valence-electron chi connectivity index (χ0n) is 27.7. The Hall–Kier alpha value is -1.37. The third-order valence-corrected chi connectivity index (χ3v) is 13.7. The van der Waals surface area contributed by atoms with Gasteiger partial charge in [0.2, 0.25) is 0 Å². The molecule has 4 aliphatic carbocycles. The predicted molar refractivity (Wildman–Crippen MR) is 166 cm³/mol. The average molecular weight is 647 g/mol. The molecule has 4 saturated carbocycles. The van der Waals surface area contributed by atoms with E-state index in [9.17, 15) is 25.2 Å². The van der Waals surface area contributed by atoms with E-state index in [4.69, 9.17) is 23.7 Å². The molecule has 5 fully saturated rings. The van der Waals surface area contributed by atoms with Crippen molar-refractivity contribution in [3.8, 4) is 0 Å². The van der Waals surface area contributed by atoms with Crippen molar-refractivity contribution in [3.05, 3.63) is 23.8 Å². The SMILES string of the molecule is CC1OC(OC2C(O)C(C)OC(OC3CCC4(C)C(CCC5C6CCC(C7=CC(=O)OC7)C(C)(CCC54)C6O)C3)C2O)C=CC1O. The molecule has 0 amide bonds. The Bertz CT molecular complexity index is 1210.